The molecule has 1 aromatic rings. The maximum atomic E-state index is 13.7. The lowest BCUT2D eigenvalue weighted by molar-refractivity contribution is 0.609. The molecule has 2 fully saturated rings. The van der Waals surface area contributed by atoms with Crippen molar-refractivity contribution >= 4 is 17.6 Å². The van der Waals surface area contributed by atoms with Gasteiger partial charge < -0.3 is 11.1 Å². The van der Waals surface area contributed by atoms with Gasteiger partial charge in [-0.25, -0.2) is 9.38 Å². The Morgan fingerprint density at radius 2 is 2.22 bits per heavy atom. The second kappa shape index (κ2) is 4.43. The molecule has 5 heteroatoms. The molecule has 0 heterocycles. The summed E-state index contributed by atoms with van der Waals surface area (Å²) in [7, 11) is 0. The molecule has 2 aliphatic rings. The lowest BCUT2D eigenvalue weighted by atomic mass is 10.1. The second-order valence-electron chi connectivity index (χ2n) is 4.98. The molecular formula is C13H15ClFN3. The first-order valence-electron chi connectivity index (χ1n) is 6.19. The Kier molecular flexibility index (Phi) is 2.90. The van der Waals surface area contributed by atoms with Crippen LogP contribution in [0.15, 0.2) is 23.2 Å². The molecule has 0 aromatic heterocycles. The maximum Gasteiger partial charge on any atom is 0.189 e. The van der Waals surface area contributed by atoms with Gasteiger partial charge in [-0.3, -0.25) is 0 Å². The van der Waals surface area contributed by atoms with Crippen molar-refractivity contribution in [3.05, 3.63) is 34.6 Å². The Labute approximate surface area is 110 Å². The van der Waals surface area contributed by atoms with Crippen molar-refractivity contribution in [2.24, 2.45) is 10.7 Å². The van der Waals surface area contributed by atoms with Gasteiger partial charge in [0.05, 0.1) is 6.04 Å². The van der Waals surface area contributed by atoms with Gasteiger partial charge in [0, 0.05) is 22.5 Å². The number of halogens is 2. The average molecular weight is 268 g/mol. The van der Waals surface area contributed by atoms with Gasteiger partial charge in [-0.05, 0) is 31.4 Å². The van der Waals surface area contributed by atoms with Crippen molar-refractivity contribution in [3.8, 4) is 0 Å². The molecule has 2 aliphatic carbocycles. The quantitative estimate of drug-likeness (QED) is 0.653. The Morgan fingerprint density at radius 3 is 2.89 bits per heavy atom. The molecule has 18 heavy (non-hydrogen) atoms. The highest BCUT2D eigenvalue weighted by Gasteiger charge is 2.41. The highest BCUT2D eigenvalue weighted by atomic mass is 35.5. The first-order chi connectivity index (χ1) is 8.65. The Hall–Kier alpha value is -1.29. The fourth-order valence-corrected chi connectivity index (χ4v) is 2.46. The largest absolute Gasteiger partial charge is 0.370 e. The van der Waals surface area contributed by atoms with Gasteiger partial charge in [0.2, 0.25) is 0 Å². The van der Waals surface area contributed by atoms with Crippen LogP contribution >= 0.6 is 11.6 Å². The van der Waals surface area contributed by atoms with Gasteiger partial charge in [0.25, 0.3) is 0 Å². The van der Waals surface area contributed by atoms with Gasteiger partial charge in [0.1, 0.15) is 5.82 Å². The van der Waals surface area contributed by atoms with E-state index in [9.17, 15) is 4.39 Å². The van der Waals surface area contributed by atoms with E-state index >= 15 is 0 Å². The zero-order chi connectivity index (χ0) is 12.7. The molecule has 2 atom stereocenters. The summed E-state index contributed by atoms with van der Waals surface area (Å²) in [4.78, 5) is 4.37. The van der Waals surface area contributed by atoms with E-state index in [1.54, 1.807) is 12.1 Å². The van der Waals surface area contributed by atoms with E-state index in [1.807, 2.05) is 0 Å². The minimum atomic E-state index is -0.251. The summed E-state index contributed by atoms with van der Waals surface area (Å²) >= 11 is 6.03. The lowest BCUT2D eigenvalue weighted by Gasteiger charge is -2.05. The first kappa shape index (κ1) is 11.8. The van der Waals surface area contributed by atoms with E-state index < -0.39 is 0 Å². The molecule has 0 spiro atoms. The van der Waals surface area contributed by atoms with Crippen molar-refractivity contribution in [1.82, 2.24) is 5.32 Å². The highest BCUT2D eigenvalue weighted by molar-refractivity contribution is 6.31. The highest BCUT2D eigenvalue weighted by Crippen LogP contribution is 2.47. The molecule has 0 bridgehead atoms. The fourth-order valence-electron chi connectivity index (χ4n) is 2.15. The fraction of sp³-hybridized carbons (Fsp3) is 0.462. The van der Waals surface area contributed by atoms with Gasteiger partial charge in [0.15, 0.2) is 5.96 Å². The van der Waals surface area contributed by atoms with Crippen LogP contribution in [0.4, 0.5) is 4.39 Å². The topological polar surface area (TPSA) is 50.4 Å². The molecule has 0 aliphatic heterocycles. The van der Waals surface area contributed by atoms with E-state index in [4.69, 9.17) is 17.3 Å². The number of hydrogen-bond donors (Lipinski definition) is 2. The number of aliphatic imine (C=N–C) groups is 1. The summed E-state index contributed by atoms with van der Waals surface area (Å²) in [6.07, 6.45) is 3.13. The monoisotopic (exact) mass is 267 g/mol. The van der Waals surface area contributed by atoms with Crippen molar-refractivity contribution in [2.75, 3.05) is 0 Å². The standard InChI is InChI=1S/C13H15ClFN3/c14-9-2-1-3-10(15)12(9)8-6-11(8)18-13(16)17-7-4-5-7/h1-3,7-8,11H,4-6H2,(H3,16,17,18)/t8-,11-/m1/s1. The van der Waals surface area contributed by atoms with Crippen molar-refractivity contribution in [2.45, 2.75) is 37.3 Å². The third-order valence-electron chi connectivity index (χ3n) is 3.36. The van der Waals surface area contributed by atoms with Crippen LogP contribution in [-0.2, 0) is 0 Å². The van der Waals surface area contributed by atoms with Crippen LogP contribution in [-0.4, -0.2) is 18.0 Å². The SMILES string of the molecule is NC(=N[C@@H]1C[C@H]1c1c(F)cccc1Cl)NC1CC1. The number of rotatable bonds is 3. The number of hydrogen-bond acceptors (Lipinski definition) is 1. The summed E-state index contributed by atoms with van der Waals surface area (Å²) in [5.41, 5.74) is 6.36. The molecular weight excluding hydrogens is 253 g/mol. The van der Waals surface area contributed by atoms with Gasteiger partial charge >= 0.3 is 0 Å². The number of benzene rings is 1. The van der Waals surface area contributed by atoms with E-state index in [-0.39, 0.29) is 17.8 Å². The van der Waals surface area contributed by atoms with Crippen LogP contribution in [0.3, 0.4) is 0 Å². The molecule has 0 radical (unpaired) electrons. The molecule has 1 aromatic carbocycles. The van der Waals surface area contributed by atoms with E-state index in [1.165, 1.54) is 6.07 Å². The molecule has 2 saturated carbocycles. The van der Waals surface area contributed by atoms with Gasteiger partial charge in [-0.15, -0.1) is 0 Å². The zero-order valence-electron chi connectivity index (χ0n) is 9.87. The average Bonchev–Trinajstić information content (AvgIpc) is 3.18. The molecule has 0 unspecified atom stereocenters. The minimum Gasteiger partial charge on any atom is -0.370 e. The Morgan fingerprint density at radius 1 is 1.44 bits per heavy atom. The summed E-state index contributed by atoms with van der Waals surface area (Å²) < 4.78 is 13.7. The summed E-state index contributed by atoms with van der Waals surface area (Å²) in [5.74, 6) is 0.287. The maximum absolute atomic E-state index is 13.7. The molecule has 3 rings (SSSR count). The molecule has 0 amide bonds. The van der Waals surface area contributed by atoms with E-state index in [2.05, 4.69) is 10.3 Å². The number of guanidine groups is 1. The van der Waals surface area contributed by atoms with Crippen molar-refractivity contribution in [1.29, 1.82) is 0 Å². The van der Waals surface area contributed by atoms with Gasteiger partial charge in [-0.2, -0.15) is 0 Å². The van der Waals surface area contributed by atoms with Crippen LogP contribution < -0.4 is 11.1 Å². The third-order valence-corrected chi connectivity index (χ3v) is 3.69. The number of nitrogens with one attached hydrogen (secondary N) is 1. The Balaban J connectivity index is 1.69. The third kappa shape index (κ3) is 2.43. The lowest BCUT2D eigenvalue weighted by Crippen LogP contribution is -2.33. The van der Waals surface area contributed by atoms with Crippen LogP contribution in [0.5, 0.6) is 0 Å². The molecule has 96 valence electrons. The first-order valence-corrected chi connectivity index (χ1v) is 6.56. The van der Waals surface area contributed by atoms with Crippen LogP contribution in [0.1, 0.15) is 30.7 Å². The summed E-state index contributed by atoms with van der Waals surface area (Å²) in [6, 6.07) is 5.32. The summed E-state index contributed by atoms with van der Waals surface area (Å²) in [5, 5.41) is 3.61. The van der Waals surface area contributed by atoms with Crippen molar-refractivity contribution in [3.63, 3.8) is 0 Å². The second-order valence-corrected chi connectivity index (χ2v) is 5.39. The van der Waals surface area contributed by atoms with E-state index in [0.717, 1.165) is 19.3 Å². The summed E-state index contributed by atoms with van der Waals surface area (Å²) in [6.45, 7) is 0. The van der Waals surface area contributed by atoms with Crippen LogP contribution in [0, 0.1) is 5.82 Å². The number of nitrogens with zero attached hydrogens (tertiary/aromatic N) is 1. The Bertz CT molecular complexity index is 479. The predicted molar refractivity (Wildman–Crippen MR) is 70.3 cm³/mol. The zero-order valence-corrected chi connectivity index (χ0v) is 10.6. The van der Waals surface area contributed by atoms with Crippen LogP contribution in [0.2, 0.25) is 5.02 Å². The predicted octanol–water partition coefficient (Wildman–Crippen LogP) is 2.40. The normalized spacial score (nSPS) is 27.1. The number of nitrogens with two attached hydrogens (primary N) is 1. The molecule has 3 N–H and O–H groups in total. The van der Waals surface area contributed by atoms with Crippen molar-refractivity contribution < 1.29 is 4.39 Å². The minimum absolute atomic E-state index is 0.0608. The van der Waals surface area contributed by atoms with Gasteiger partial charge in [-0.1, -0.05) is 17.7 Å². The van der Waals surface area contributed by atoms with E-state index in [0.29, 0.717) is 22.6 Å². The molecule has 0 saturated heterocycles. The van der Waals surface area contributed by atoms with Crippen LogP contribution in [0.25, 0.3) is 0 Å². The molecule has 3 nitrogen and oxygen atoms in total. The smallest absolute Gasteiger partial charge is 0.189 e.